The van der Waals surface area contributed by atoms with E-state index in [2.05, 4.69) is 20.8 Å². The Morgan fingerprint density at radius 3 is 2.64 bits per heavy atom. The van der Waals surface area contributed by atoms with Gasteiger partial charge in [0.1, 0.15) is 0 Å². The third kappa shape index (κ3) is 4.42. The molecule has 0 aliphatic carbocycles. The van der Waals surface area contributed by atoms with Crippen LogP contribution in [0.1, 0.15) is 24.7 Å². The number of amides is 3. The van der Waals surface area contributed by atoms with Crippen LogP contribution in [0.5, 0.6) is 0 Å². The smallest absolute Gasteiger partial charge is 0.321 e. The Balaban J connectivity index is 1.52. The minimum atomic E-state index is -0.487. The Morgan fingerprint density at radius 1 is 1.24 bits per heavy atom. The maximum absolute atomic E-state index is 11.7. The molecule has 2 N–H and O–H groups in total. The Hall–Kier alpha value is -2.74. The van der Waals surface area contributed by atoms with Crippen molar-refractivity contribution in [1.29, 1.82) is 0 Å². The van der Waals surface area contributed by atoms with E-state index in [4.69, 9.17) is 4.52 Å². The van der Waals surface area contributed by atoms with Gasteiger partial charge in [0.15, 0.2) is 0 Å². The van der Waals surface area contributed by atoms with Crippen LogP contribution in [0.3, 0.4) is 0 Å². The second kappa shape index (κ2) is 7.89. The van der Waals surface area contributed by atoms with Gasteiger partial charge in [-0.05, 0) is 25.9 Å². The minimum Gasteiger partial charge on any atom is -0.341 e. The van der Waals surface area contributed by atoms with E-state index < -0.39 is 6.03 Å². The number of aromatic nitrogens is 2. The molecule has 1 fully saturated rings. The normalized spacial score (nSPS) is 15.7. The first-order valence-corrected chi connectivity index (χ1v) is 8.28. The summed E-state index contributed by atoms with van der Waals surface area (Å²) in [7, 11) is 1.47. The summed E-state index contributed by atoms with van der Waals surface area (Å²) in [5.41, 5.74) is 0.931. The lowest BCUT2D eigenvalue weighted by Crippen LogP contribution is -2.45. The SMILES string of the molecule is CNC(=O)NC(=O)CN1CCC(c2nc(-c3ccccc3)no2)CC1. The van der Waals surface area contributed by atoms with Gasteiger partial charge in [-0.2, -0.15) is 4.98 Å². The molecule has 1 saturated heterocycles. The number of hydrogen-bond acceptors (Lipinski definition) is 6. The molecule has 1 aromatic heterocycles. The Labute approximate surface area is 145 Å². The predicted octanol–water partition coefficient (Wildman–Crippen LogP) is 1.37. The topological polar surface area (TPSA) is 100 Å². The van der Waals surface area contributed by atoms with E-state index >= 15 is 0 Å². The van der Waals surface area contributed by atoms with Gasteiger partial charge in [-0.15, -0.1) is 0 Å². The number of rotatable bonds is 4. The Kier molecular flexibility index (Phi) is 5.39. The second-order valence-electron chi connectivity index (χ2n) is 6.00. The number of urea groups is 1. The van der Waals surface area contributed by atoms with Gasteiger partial charge in [-0.3, -0.25) is 15.0 Å². The third-order valence-corrected chi connectivity index (χ3v) is 4.26. The number of carbonyl (C=O) groups excluding carboxylic acids is 2. The van der Waals surface area contributed by atoms with Crippen molar-refractivity contribution in [2.24, 2.45) is 0 Å². The monoisotopic (exact) mass is 343 g/mol. The predicted molar refractivity (Wildman–Crippen MR) is 90.7 cm³/mol. The van der Waals surface area contributed by atoms with Gasteiger partial charge in [-0.1, -0.05) is 35.5 Å². The van der Waals surface area contributed by atoms with Gasteiger partial charge in [0.25, 0.3) is 0 Å². The van der Waals surface area contributed by atoms with Crippen molar-refractivity contribution in [2.45, 2.75) is 18.8 Å². The van der Waals surface area contributed by atoms with Crippen molar-refractivity contribution in [3.8, 4) is 11.4 Å². The van der Waals surface area contributed by atoms with Crippen LogP contribution >= 0.6 is 0 Å². The van der Waals surface area contributed by atoms with Crippen LogP contribution in [-0.2, 0) is 4.79 Å². The summed E-state index contributed by atoms with van der Waals surface area (Å²) >= 11 is 0. The van der Waals surface area contributed by atoms with E-state index in [0.29, 0.717) is 11.7 Å². The van der Waals surface area contributed by atoms with Gasteiger partial charge in [0, 0.05) is 18.5 Å². The number of nitrogens with zero attached hydrogens (tertiary/aromatic N) is 3. The Morgan fingerprint density at radius 2 is 1.96 bits per heavy atom. The van der Waals surface area contributed by atoms with Gasteiger partial charge < -0.3 is 9.84 Å². The summed E-state index contributed by atoms with van der Waals surface area (Å²) in [5, 5.41) is 8.69. The zero-order valence-corrected chi connectivity index (χ0v) is 14.1. The molecule has 0 radical (unpaired) electrons. The molecule has 1 aliphatic heterocycles. The summed E-state index contributed by atoms with van der Waals surface area (Å²) < 4.78 is 5.43. The zero-order chi connectivity index (χ0) is 17.6. The largest absolute Gasteiger partial charge is 0.341 e. The molecule has 0 bridgehead atoms. The maximum atomic E-state index is 11.7. The molecule has 25 heavy (non-hydrogen) atoms. The van der Waals surface area contributed by atoms with Crippen LogP contribution in [0.15, 0.2) is 34.9 Å². The molecule has 3 amide bonds. The first-order valence-electron chi connectivity index (χ1n) is 8.28. The molecule has 0 saturated carbocycles. The van der Waals surface area contributed by atoms with Crippen molar-refractivity contribution >= 4 is 11.9 Å². The van der Waals surface area contributed by atoms with E-state index in [-0.39, 0.29) is 18.4 Å². The summed E-state index contributed by atoms with van der Waals surface area (Å²) in [6.45, 7) is 1.70. The van der Waals surface area contributed by atoms with Gasteiger partial charge in [-0.25, -0.2) is 4.79 Å². The molecular weight excluding hydrogens is 322 g/mol. The average Bonchev–Trinajstić information content (AvgIpc) is 3.13. The average molecular weight is 343 g/mol. The summed E-state index contributed by atoms with van der Waals surface area (Å²) in [6, 6.07) is 9.23. The number of imide groups is 1. The molecule has 1 aromatic carbocycles. The second-order valence-corrected chi connectivity index (χ2v) is 6.00. The van der Waals surface area contributed by atoms with Crippen molar-refractivity contribution < 1.29 is 14.1 Å². The highest BCUT2D eigenvalue weighted by Crippen LogP contribution is 2.28. The van der Waals surface area contributed by atoms with Crippen molar-refractivity contribution in [3.63, 3.8) is 0 Å². The molecule has 132 valence electrons. The lowest BCUT2D eigenvalue weighted by molar-refractivity contribution is -0.121. The molecule has 3 rings (SSSR count). The third-order valence-electron chi connectivity index (χ3n) is 4.26. The molecule has 0 atom stereocenters. The molecule has 8 heteroatoms. The molecular formula is C17H21N5O3. The van der Waals surface area contributed by atoms with Crippen LogP contribution < -0.4 is 10.6 Å². The van der Waals surface area contributed by atoms with Crippen LogP contribution in [0.2, 0.25) is 0 Å². The number of piperidine rings is 1. The summed E-state index contributed by atoms with van der Waals surface area (Å²) in [6.07, 6.45) is 1.67. The molecule has 0 unspecified atom stereocenters. The fraction of sp³-hybridized carbons (Fsp3) is 0.412. The maximum Gasteiger partial charge on any atom is 0.321 e. The van der Waals surface area contributed by atoms with Gasteiger partial charge in [0.05, 0.1) is 6.54 Å². The highest BCUT2D eigenvalue weighted by molar-refractivity contribution is 5.95. The van der Waals surface area contributed by atoms with E-state index in [0.717, 1.165) is 31.5 Å². The standard InChI is InChI=1S/C17H21N5O3/c1-18-17(24)19-14(23)11-22-9-7-13(8-10-22)16-20-15(21-25-16)12-5-3-2-4-6-12/h2-6,13H,7-11H2,1H3,(H2,18,19,23,24). The number of hydrogen-bond donors (Lipinski definition) is 2. The van der Waals surface area contributed by atoms with E-state index in [1.165, 1.54) is 7.05 Å². The molecule has 2 heterocycles. The highest BCUT2D eigenvalue weighted by Gasteiger charge is 2.26. The number of benzene rings is 1. The van der Waals surface area contributed by atoms with Crippen molar-refractivity contribution in [1.82, 2.24) is 25.7 Å². The van der Waals surface area contributed by atoms with Crippen LogP contribution in [0.25, 0.3) is 11.4 Å². The first-order chi connectivity index (χ1) is 12.2. The summed E-state index contributed by atoms with van der Waals surface area (Å²) in [4.78, 5) is 29.4. The summed E-state index contributed by atoms with van der Waals surface area (Å²) in [5.74, 6) is 1.14. The van der Waals surface area contributed by atoms with Crippen molar-refractivity contribution in [3.05, 3.63) is 36.2 Å². The van der Waals surface area contributed by atoms with E-state index in [1.807, 2.05) is 35.2 Å². The van der Waals surface area contributed by atoms with E-state index in [9.17, 15) is 9.59 Å². The van der Waals surface area contributed by atoms with Crippen LogP contribution in [0.4, 0.5) is 4.79 Å². The van der Waals surface area contributed by atoms with Crippen molar-refractivity contribution in [2.75, 3.05) is 26.7 Å². The Bertz CT molecular complexity index is 723. The molecule has 0 spiro atoms. The molecule has 2 aromatic rings. The zero-order valence-electron chi connectivity index (χ0n) is 14.1. The van der Waals surface area contributed by atoms with Crippen LogP contribution in [0, 0.1) is 0 Å². The lowest BCUT2D eigenvalue weighted by Gasteiger charge is -2.29. The minimum absolute atomic E-state index is 0.197. The molecule has 1 aliphatic rings. The van der Waals surface area contributed by atoms with Gasteiger partial charge in [0.2, 0.25) is 17.6 Å². The number of nitrogens with one attached hydrogen (secondary N) is 2. The van der Waals surface area contributed by atoms with E-state index in [1.54, 1.807) is 0 Å². The van der Waals surface area contributed by atoms with Gasteiger partial charge >= 0.3 is 6.03 Å². The first kappa shape index (κ1) is 17.1. The lowest BCUT2D eigenvalue weighted by atomic mass is 9.97. The fourth-order valence-electron chi connectivity index (χ4n) is 2.88. The molecule has 8 nitrogen and oxygen atoms in total. The fourth-order valence-corrected chi connectivity index (χ4v) is 2.88. The highest BCUT2D eigenvalue weighted by atomic mass is 16.5. The number of likely N-dealkylation sites (tertiary alicyclic amines) is 1. The van der Waals surface area contributed by atoms with Crippen LogP contribution in [-0.4, -0.2) is 53.7 Å². The quantitative estimate of drug-likeness (QED) is 0.870. The number of carbonyl (C=O) groups is 2.